The number of nitrogens with zero attached hydrogens (tertiary/aromatic N) is 1. The predicted octanol–water partition coefficient (Wildman–Crippen LogP) is 2.05. The quantitative estimate of drug-likeness (QED) is 0.144. The number of nitrogens with one attached hydrogen (secondary N) is 4. The van der Waals surface area contributed by atoms with Gasteiger partial charge in [0.05, 0.1) is 0 Å². The van der Waals surface area contributed by atoms with Crippen LogP contribution >= 0.6 is 0 Å². The third-order valence-corrected chi connectivity index (χ3v) is 8.83. The Balaban J connectivity index is 1.75. The van der Waals surface area contributed by atoms with Crippen LogP contribution in [-0.4, -0.2) is 77.1 Å². The minimum absolute atomic E-state index is 0.00298. The van der Waals surface area contributed by atoms with Crippen molar-refractivity contribution in [2.75, 3.05) is 6.54 Å². The summed E-state index contributed by atoms with van der Waals surface area (Å²) >= 11 is 0. The molecule has 254 valence electrons. The summed E-state index contributed by atoms with van der Waals surface area (Å²) in [6.45, 7) is 13.6. The van der Waals surface area contributed by atoms with E-state index in [4.69, 9.17) is 5.73 Å². The Bertz CT molecular complexity index is 1270. The molecule has 4 unspecified atom stereocenters. The first-order valence-electron chi connectivity index (χ1n) is 16.3. The summed E-state index contributed by atoms with van der Waals surface area (Å²) < 4.78 is 0. The molecular weight excluding hydrogens is 588 g/mol. The second-order valence-electron chi connectivity index (χ2n) is 14.5. The van der Waals surface area contributed by atoms with Crippen LogP contribution in [0.5, 0.6) is 0 Å². The minimum atomic E-state index is -1.28. The average Bonchev–Trinajstić information content (AvgIpc) is 3.67. The lowest BCUT2D eigenvalue weighted by Gasteiger charge is -2.36. The summed E-state index contributed by atoms with van der Waals surface area (Å²) in [4.78, 5) is 79.7. The smallest absolute Gasteiger partial charge is 0.315 e. The van der Waals surface area contributed by atoms with E-state index in [-0.39, 0.29) is 49.0 Å². The number of likely N-dealkylation sites (tertiary alicyclic amines) is 1. The molecule has 5 amide bonds. The van der Waals surface area contributed by atoms with Gasteiger partial charge in [-0.05, 0) is 48.0 Å². The summed E-state index contributed by atoms with van der Waals surface area (Å²) in [6, 6.07) is 6.44. The number of carbonyl (C=O) groups excluding carboxylic acids is 6. The van der Waals surface area contributed by atoms with E-state index in [9.17, 15) is 28.8 Å². The Morgan fingerprint density at radius 1 is 0.935 bits per heavy atom. The van der Waals surface area contributed by atoms with Crippen LogP contribution in [0.15, 0.2) is 30.3 Å². The average molecular weight is 641 g/mol. The molecule has 0 bridgehead atoms. The van der Waals surface area contributed by atoms with Crippen LogP contribution in [0, 0.1) is 23.2 Å². The topological polar surface area (TPSA) is 180 Å². The molecule has 2 fully saturated rings. The van der Waals surface area contributed by atoms with Gasteiger partial charge in [0.25, 0.3) is 11.7 Å². The maximum Gasteiger partial charge on any atom is 0.315 e. The summed E-state index contributed by atoms with van der Waals surface area (Å²) in [5, 5.41) is 11.3. The van der Waals surface area contributed by atoms with Gasteiger partial charge in [0, 0.05) is 31.5 Å². The van der Waals surface area contributed by atoms with Gasteiger partial charge in [0.15, 0.2) is 0 Å². The third-order valence-electron chi connectivity index (χ3n) is 8.83. The summed E-state index contributed by atoms with van der Waals surface area (Å²) in [5.41, 5.74) is 5.40. The van der Waals surface area contributed by atoms with Gasteiger partial charge in [-0.1, -0.05) is 78.8 Å². The second-order valence-corrected chi connectivity index (χ2v) is 14.5. The molecule has 12 nitrogen and oxygen atoms in total. The SMILES string of the molecule is CC(C)C1C[C@@H](C(=O)NC(NC2CC2)C(=O)C(N)=O)N(C(=O)C(NC(=O)NC(CC(=O)Cc2ccccc2)C(C)C)C(C)(C)C)C1. The van der Waals surface area contributed by atoms with Crippen LogP contribution in [0.1, 0.15) is 79.7 Å². The Hall–Kier alpha value is -3.80. The van der Waals surface area contributed by atoms with E-state index in [1.807, 2.05) is 78.8 Å². The number of primary amides is 1. The molecule has 1 aromatic carbocycles. The van der Waals surface area contributed by atoms with Gasteiger partial charge in [0.1, 0.15) is 24.0 Å². The number of carbonyl (C=O) groups is 6. The van der Waals surface area contributed by atoms with Crippen LogP contribution in [0.3, 0.4) is 0 Å². The number of amides is 5. The number of urea groups is 1. The fourth-order valence-electron chi connectivity index (χ4n) is 5.64. The van der Waals surface area contributed by atoms with E-state index in [1.54, 1.807) is 0 Å². The number of benzene rings is 1. The number of ketones is 2. The first-order valence-corrected chi connectivity index (χ1v) is 16.3. The zero-order valence-electron chi connectivity index (χ0n) is 28.2. The molecule has 1 aromatic rings. The molecule has 0 spiro atoms. The lowest BCUT2D eigenvalue weighted by molar-refractivity contribution is -0.143. The molecule has 1 aliphatic heterocycles. The minimum Gasteiger partial charge on any atom is -0.363 e. The zero-order chi connectivity index (χ0) is 34.3. The van der Waals surface area contributed by atoms with E-state index < -0.39 is 59.2 Å². The molecule has 1 heterocycles. The largest absolute Gasteiger partial charge is 0.363 e. The number of hydrogen-bond acceptors (Lipinski definition) is 7. The molecule has 46 heavy (non-hydrogen) atoms. The number of Topliss-reactive ketones (excluding diaryl/α,β-unsaturated/α-hetero) is 2. The molecule has 12 heteroatoms. The fraction of sp³-hybridized carbons (Fsp3) is 0.647. The van der Waals surface area contributed by atoms with Gasteiger partial charge in [-0.15, -0.1) is 0 Å². The normalized spacial score (nSPS) is 20.2. The van der Waals surface area contributed by atoms with Gasteiger partial charge in [-0.3, -0.25) is 29.3 Å². The van der Waals surface area contributed by atoms with E-state index in [2.05, 4.69) is 21.3 Å². The Labute approximate surface area is 272 Å². The van der Waals surface area contributed by atoms with Gasteiger partial charge in [-0.2, -0.15) is 0 Å². The third kappa shape index (κ3) is 10.4. The summed E-state index contributed by atoms with van der Waals surface area (Å²) in [7, 11) is 0. The van der Waals surface area contributed by atoms with E-state index in [0.717, 1.165) is 18.4 Å². The Kier molecular flexibility index (Phi) is 12.5. The molecule has 1 aliphatic carbocycles. The highest BCUT2D eigenvalue weighted by atomic mass is 16.2. The molecule has 6 N–H and O–H groups in total. The van der Waals surface area contributed by atoms with Crippen molar-refractivity contribution in [3.05, 3.63) is 35.9 Å². The number of rotatable bonds is 15. The molecule has 3 rings (SSSR count). The lowest BCUT2D eigenvalue weighted by atomic mass is 9.85. The molecule has 0 aromatic heterocycles. The van der Waals surface area contributed by atoms with Crippen molar-refractivity contribution in [1.29, 1.82) is 0 Å². The second kappa shape index (κ2) is 15.7. The van der Waals surface area contributed by atoms with Gasteiger partial charge >= 0.3 is 6.03 Å². The van der Waals surface area contributed by atoms with Gasteiger partial charge < -0.3 is 26.6 Å². The van der Waals surface area contributed by atoms with Crippen molar-refractivity contribution in [3.8, 4) is 0 Å². The van der Waals surface area contributed by atoms with Gasteiger partial charge in [-0.25, -0.2) is 4.79 Å². The van der Waals surface area contributed by atoms with Crippen molar-refractivity contribution >= 4 is 35.3 Å². The summed E-state index contributed by atoms with van der Waals surface area (Å²) in [5.74, 6) is -3.02. The number of hydrogen-bond donors (Lipinski definition) is 5. The fourth-order valence-corrected chi connectivity index (χ4v) is 5.64. The van der Waals surface area contributed by atoms with Crippen molar-refractivity contribution < 1.29 is 28.8 Å². The highest BCUT2D eigenvalue weighted by Gasteiger charge is 2.46. The summed E-state index contributed by atoms with van der Waals surface area (Å²) in [6.07, 6.45) is 1.08. The van der Waals surface area contributed by atoms with Crippen LogP contribution in [0.25, 0.3) is 0 Å². The molecule has 2 aliphatic rings. The Morgan fingerprint density at radius 2 is 1.57 bits per heavy atom. The zero-order valence-corrected chi connectivity index (χ0v) is 28.2. The molecule has 1 saturated heterocycles. The van der Waals surface area contributed by atoms with Crippen molar-refractivity contribution in [1.82, 2.24) is 26.2 Å². The predicted molar refractivity (Wildman–Crippen MR) is 174 cm³/mol. The maximum absolute atomic E-state index is 14.2. The first kappa shape index (κ1) is 36.7. The van der Waals surface area contributed by atoms with Crippen molar-refractivity contribution in [2.24, 2.45) is 28.9 Å². The van der Waals surface area contributed by atoms with Crippen LogP contribution in [0.4, 0.5) is 4.79 Å². The molecule has 0 radical (unpaired) electrons. The van der Waals surface area contributed by atoms with Crippen LogP contribution < -0.4 is 27.0 Å². The van der Waals surface area contributed by atoms with Crippen molar-refractivity contribution in [3.63, 3.8) is 0 Å². The molecular formula is C34H52N6O6. The molecule has 5 atom stereocenters. The van der Waals surface area contributed by atoms with Crippen LogP contribution in [0.2, 0.25) is 0 Å². The van der Waals surface area contributed by atoms with Crippen LogP contribution in [-0.2, 0) is 30.4 Å². The standard InChI is InChI=1S/C34H52N6O6/c1-19(2)22-16-26(31(44)39-30(27(42)29(35)43)36-23-13-14-23)40(18-22)32(45)28(34(5,6)7)38-33(46)37-25(20(3)4)17-24(41)15-21-11-9-8-10-12-21/h8-12,19-20,22-23,25-26,28,30,36H,13-18H2,1-7H3,(H2,35,43)(H,39,44)(H2,37,38,46)/t22?,25?,26-,28?,30?/m0/s1. The van der Waals surface area contributed by atoms with E-state index in [1.165, 1.54) is 4.90 Å². The highest BCUT2D eigenvalue weighted by Crippen LogP contribution is 2.32. The van der Waals surface area contributed by atoms with E-state index in [0.29, 0.717) is 6.42 Å². The van der Waals surface area contributed by atoms with Crippen molar-refractivity contribution in [2.45, 2.75) is 111 Å². The first-order chi connectivity index (χ1) is 21.5. The van der Waals surface area contributed by atoms with E-state index >= 15 is 0 Å². The molecule has 1 saturated carbocycles. The Morgan fingerprint density at radius 3 is 2.09 bits per heavy atom. The number of nitrogens with two attached hydrogens (primary N) is 1. The maximum atomic E-state index is 14.2. The monoisotopic (exact) mass is 640 g/mol. The van der Waals surface area contributed by atoms with Gasteiger partial charge in [0.2, 0.25) is 11.8 Å². The lowest BCUT2D eigenvalue weighted by Crippen LogP contribution is -2.62. The highest BCUT2D eigenvalue weighted by molar-refractivity contribution is 6.37.